The van der Waals surface area contributed by atoms with Crippen molar-refractivity contribution >= 4 is 12.4 Å². The van der Waals surface area contributed by atoms with Gasteiger partial charge in [0.1, 0.15) is 0 Å². The van der Waals surface area contributed by atoms with Crippen molar-refractivity contribution < 1.29 is 0 Å². The summed E-state index contributed by atoms with van der Waals surface area (Å²) in [5.41, 5.74) is 8.87. The molecule has 2 rings (SSSR count). The first kappa shape index (κ1) is 11.5. The van der Waals surface area contributed by atoms with Gasteiger partial charge < -0.3 is 5.73 Å². The molecule has 0 spiro atoms. The van der Waals surface area contributed by atoms with E-state index in [0.29, 0.717) is 5.92 Å². The smallest absolute Gasteiger partial charge is 0.0411 e. The van der Waals surface area contributed by atoms with E-state index >= 15 is 0 Å². The number of hydrogen-bond donors (Lipinski definition) is 1. The molecule has 0 atom stereocenters. The summed E-state index contributed by atoms with van der Waals surface area (Å²) in [5, 5.41) is 0. The minimum Gasteiger partial charge on any atom is -0.321 e. The van der Waals surface area contributed by atoms with Crippen LogP contribution < -0.4 is 5.73 Å². The van der Waals surface area contributed by atoms with Crippen LogP contribution in [0.4, 0.5) is 0 Å². The van der Waals surface area contributed by atoms with Gasteiger partial charge in [-0.25, -0.2) is 0 Å². The van der Waals surface area contributed by atoms with E-state index in [9.17, 15) is 0 Å². The molecule has 0 heterocycles. The summed E-state index contributed by atoms with van der Waals surface area (Å²) >= 11 is 0. The van der Waals surface area contributed by atoms with Crippen molar-refractivity contribution in [2.75, 3.05) is 0 Å². The lowest BCUT2D eigenvalue weighted by Gasteiger charge is -2.12. The molecular formula is C12H18ClN. The van der Waals surface area contributed by atoms with E-state index in [0.717, 1.165) is 12.8 Å². The van der Waals surface area contributed by atoms with Crippen LogP contribution in [0.25, 0.3) is 0 Å². The third-order valence-corrected chi connectivity index (χ3v) is 2.92. The molecule has 2 N–H and O–H groups in total. The zero-order chi connectivity index (χ0) is 9.47. The summed E-state index contributed by atoms with van der Waals surface area (Å²) in [6, 6.07) is 8.72. The van der Waals surface area contributed by atoms with Crippen molar-refractivity contribution in [3.05, 3.63) is 35.4 Å². The Bertz CT molecular complexity index is 316. The molecule has 78 valence electrons. The van der Waals surface area contributed by atoms with E-state index in [4.69, 9.17) is 5.73 Å². The van der Waals surface area contributed by atoms with E-state index < -0.39 is 0 Å². The summed E-state index contributed by atoms with van der Waals surface area (Å²) in [6.07, 6.45) is 2.29. The lowest BCUT2D eigenvalue weighted by atomic mass is 9.97. The predicted octanol–water partition coefficient (Wildman–Crippen LogP) is 3.18. The Labute approximate surface area is 92.1 Å². The Morgan fingerprint density at radius 2 is 1.93 bits per heavy atom. The molecule has 0 aromatic heterocycles. The van der Waals surface area contributed by atoms with Crippen molar-refractivity contribution in [1.82, 2.24) is 0 Å². The first-order valence-electron chi connectivity index (χ1n) is 5.01. The second-order valence-electron chi connectivity index (χ2n) is 4.44. The molecule has 1 fully saturated rings. The molecule has 0 aliphatic heterocycles. The average molecular weight is 212 g/mol. The summed E-state index contributed by atoms with van der Waals surface area (Å²) in [4.78, 5) is 0. The Morgan fingerprint density at radius 1 is 1.29 bits per heavy atom. The fraction of sp³-hybridized carbons (Fsp3) is 0.500. The Hall–Kier alpha value is -0.530. The molecule has 0 amide bonds. The molecule has 14 heavy (non-hydrogen) atoms. The summed E-state index contributed by atoms with van der Waals surface area (Å²) in [7, 11) is 0. The Balaban J connectivity index is 0.000000980. The van der Waals surface area contributed by atoms with E-state index in [1.807, 2.05) is 0 Å². The highest BCUT2D eigenvalue weighted by Crippen LogP contribution is 2.43. The largest absolute Gasteiger partial charge is 0.321 e. The molecule has 1 aromatic carbocycles. The van der Waals surface area contributed by atoms with Crippen LogP contribution in [0.15, 0.2) is 24.3 Å². The van der Waals surface area contributed by atoms with Crippen molar-refractivity contribution in [2.24, 2.45) is 5.73 Å². The highest BCUT2D eigenvalue weighted by Gasteiger charge is 2.39. The van der Waals surface area contributed by atoms with Gasteiger partial charge in [-0.1, -0.05) is 38.1 Å². The van der Waals surface area contributed by atoms with Gasteiger partial charge in [-0.15, -0.1) is 12.4 Å². The summed E-state index contributed by atoms with van der Waals surface area (Å²) in [6.45, 7) is 4.43. The van der Waals surface area contributed by atoms with Gasteiger partial charge in [0.15, 0.2) is 0 Å². The molecule has 0 saturated heterocycles. The third kappa shape index (κ3) is 2.10. The topological polar surface area (TPSA) is 26.0 Å². The van der Waals surface area contributed by atoms with Gasteiger partial charge in [0.25, 0.3) is 0 Å². The van der Waals surface area contributed by atoms with Crippen molar-refractivity contribution in [3.8, 4) is 0 Å². The number of halogens is 1. The normalized spacial score (nSPS) is 17.7. The molecular weight excluding hydrogens is 194 g/mol. The second kappa shape index (κ2) is 3.92. The maximum Gasteiger partial charge on any atom is 0.0411 e. The van der Waals surface area contributed by atoms with E-state index in [-0.39, 0.29) is 17.9 Å². The molecule has 0 bridgehead atoms. The first-order chi connectivity index (χ1) is 6.12. The highest BCUT2D eigenvalue weighted by molar-refractivity contribution is 5.85. The number of hydrogen-bond acceptors (Lipinski definition) is 1. The van der Waals surface area contributed by atoms with Gasteiger partial charge in [0, 0.05) is 5.54 Å². The molecule has 1 saturated carbocycles. The SMILES string of the molecule is CC(C)c1cccc(C2(N)CC2)c1.Cl. The van der Waals surface area contributed by atoms with Crippen LogP contribution in [0, 0.1) is 0 Å². The standard InChI is InChI=1S/C12H17N.ClH/c1-9(2)10-4-3-5-11(8-10)12(13)6-7-12;/h3-5,8-9H,6-7,13H2,1-2H3;1H. The van der Waals surface area contributed by atoms with Crippen LogP contribution in [0.2, 0.25) is 0 Å². The summed E-state index contributed by atoms with van der Waals surface area (Å²) in [5.74, 6) is 0.599. The molecule has 1 aliphatic rings. The van der Waals surface area contributed by atoms with Gasteiger partial charge in [0.05, 0.1) is 0 Å². The lowest BCUT2D eigenvalue weighted by molar-refractivity contribution is 0.734. The van der Waals surface area contributed by atoms with Gasteiger partial charge in [-0.2, -0.15) is 0 Å². The van der Waals surface area contributed by atoms with Crippen molar-refractivity contribution in [3.63, 3.8) is 0 Å². The Kier molecular flexibility index (Phi) is 3.23. The van der Waals surface area contributed by atoms with Crippen LogP contribution in [-0.4, -0.2) is 0 Å². The molecule has 2 heteroatoms. The van der Waals surface area contributed by atoms with Gasteiger partial charge >= 0.3 is 0 Å². The predicted molar refractivity (Wildman–Crippen MR) is 62.9 cm³/mol. The zero-order valence-electron chi connectivity index (χ0n) is 8.79. The highest BCUT2D eigenvalue weighted by atomic mass is 35.5. The third-order valence-electron chi connectivity index (χ3n) is 2.92. The minimum atomic E-state index is 0. The number of nitrogens with two attached hydrogens (primary N) is 1. The zero-order valence-corrected chi connectivity index (χ0v) is 9.60. The maximum absolute atomic E-state index is 6.14. The van der Waals surface area contributed by atoms with Crippen LogP contribution in [-0.2, 0) is 5.54 Å². The van der Waals surface area contributed by atoms with Crippen LogP contribution in [0.5, 0.6) is 0 Å². The van der Waals surface area contributed by atoms with Gasteiger partial charge in [-0.3, -0.25) is 0 Å². The lowest BCUT2D eigenvalue weighted by Crippen LogP contribution is -2.18. The second-order valence-corrected chi connectivity index (χ2v) is 4.44. The van der Waals surface area contributed by atoms with E-state index in [2.05, 4.69) is 38.1 Å². The average Bonchev–Trinajstić information content (AvgIpc) is 2.85. The van der Waals surface area contributed by atoms with Gasteiger partial charge in [0.2, 0.25) is 0 Å². The fourth-order valence-electron chi connectivity index (χ4n) is 1.63. The fourth-order valence-corrected chi connectivity index (χ4v) is 1.63. The maximum atomic E-state index is 6.14. The van der Waals surface area contributed by atoms with E-state index in [1.54, 1.807) is 0 Å². The van der Waals surface area contributed by atoms with E-state index in [1.165, 1.54) is 11.1 Å². The Morgan fingerprint density at radius 3 is 2.43 bits per heavy atom. The van der Waals surface area contributed by atoms with Crippen LogP contribution in [0.1, 0.15) is 43.7 Å². The molecule has 0 radical (unpaired) electrons. The molecule has 0 unspecified atom stereocenters. The van der Waals surface area contributed by atoms with Gasteiger partial charge in [-0.05, 0) is 29.9 Å². The van der Waals surface area contributed by atoms with Crippen LogP contribution >= 0.6 is 12.4 Å². The molecule has 1 aromatic rings. The number of rotatable bonds is 2. The van der Waals surface area contributed by atoms with Crippen molar-refractivity contribution in [1.29, 1.82) is 0 Å². The molecule has 1 aliphatic carbocycles. The number of benzene rings is 1. The van der Waals surface area contributed by atoms with Crippen LogP contribution in [0.3, 0.4) is 0 Å². The molecule has 1 nitrogen and oxygen atoms in total. The summed E-state index contributed by atoms with van der Waals surface area (Å²) < 4.78 is 0. The first-order valence-corrected chi connectivity index (χ1v) is 5.01. The quantitative estimate of drug-likeness (QED) is 0.799. The van der Waals surface area contributed by atoms with Crippen molar-refractivity contribution in [2.45, 2.75) is 38.1 Å². The monoisotopic (exact) mass is 211 g/mol. The minimum absolute atomic E-state index is 0.